The maximum atomic E-state index is 14.7. The fourth-order valence-electron chi connectivity index (χ4n) is 2.13. The Morgan fingerprint density at radius 2 is 1.82 bits per heavy atom. The predicted octanol–water partition coefficient (Wildman–Crippen LogP) is 2.63. The average Bonchev–Trinajstić information content (AvgIpc) is 2.59. The van der Waals surface area contributed by atoms with E-state index in [1.165, 1.54) is 25.4 Å². The van der Waals surface area contributed by atoms with Gasteiger partial charge in [-0.3, -0.25) is 19.6 Å². The lowest BCUT2D eigenvalue weighted by Crippen LogP contribution is -2.20. The fourth-order valence-corrected chi connectivity index (χ4v) is 3.50. The molecule has 2 aromatic rings. The molecule has 0 bridgehead atoms. The summed E-state index contributed by atoms with van der Waals surface area (Å²) in [6.07, 6.45) is 2.75. The van der Waals surface area contributed by atoms with E-state index in [4.69, 9.17) is 11.6 Å². The van der Waals surface area contributed by atoms with E-state index >= 15 is 0 Å². The molecule has 0 unspecified atom stereocenters. The molecule has 0 atom stereocenters. The third-order valence-electron chi connectivity index (χ3n) is 3.25. The van der Waals surface area contributed by atoms with Gasteiger partial charge in [0.1, 0.15) is 0 Å². The summed E-state index contributed by atoms with van der Waals surface area (Å²) in [6, 6.07) is 2.34. The summed E-state index contributed by atoms with van der Waals surface area (Å²) >= 11 is 5.92. The summed E-state index contributed by atoms with van der Waals surface area (Å²) < 4.78 is 40.5. The zero-order valence-electron chi connectivity index (χ0n) is 14.9. The number of nitrogens with zero attached hydrogens (tertiary/aromatic N) is 2. The molecule has 28 heavy (non-hydrogen) atoms. The van der Waals surface area contributed by atoms with E-state index in [0.29, 0.717) is 6.42 Å². The molecule has 0 fully saturated rings. The summed E-state index contributed by atoms with van der Waals surface area (Å²) in [6.45, 7) is 2.95. The standard InChI is InChI=1S/C16H17ClFN5O4S/c1-3-6-28(26,27)23-12-5-4-11(17)13(14(12)18)15(25)22-10-7-19-16(20-8-10)21-9(2)24/h4-5,7-8,23H,3,6H2,1-2H3,(H,22,25)(H,19,20,21,24). The number of halogens is 2. The quantitative estimate of drug-likeness (QED) is 0.620. The van der Waals surface area contributed by atoms with Crippen LogP contribution >= 0.6 is 11.6 Å². The van der Waals surface area contributed by atoms with Gasteiger partial charge >= 0.3 is 0 Å². The first kappa shape index (κ1) is 21.5. The molecule has 0 aliphatic rings. The van der Waals surface area contributed by atoms with Gasteiger partial charge in [0.05, 0.1) is 40.1 Å². The Hall–Kier alpha value is -2.79. The Morgan fingerprint density at radius 1 is 1.18 bits per heavy atom. The molecule has 3 N–H and O–H groups in total. The third-order valence-corrected chi connectivity index (χ3v) is 5.05. The lowest BCUT2D eigenvalue weighted by molar-refractivity contribution is -0.114. The maximum Gasteiger partial charge on any atom is 0.260 e. The van der Waals surface area contributed by atoms with Crippen LogP contribution in [0, 0.1) is 5.82 Å². The van der Waals surface area contributed by atoms with Gasteiger partial charge in [0, 0.05) is 6.92 Å². The molecule has 1 aromatic heterocycles. The minimum atomic E-state index is -3.76. The van der Waals surface area contributed by atoms with Crippen LogP contribution in [0.5, 0.6) is 0 Å². The smallest absolute Gasteiger partial charge is 0.260 e. The number of aromatic nitrogens is 2. The first-order valence-corrected chi connectivity index (χ1v) is 10.1. The normalized spacial score (nSPS) is 11.0. The largest absolute Gasteiger partial charge is 0.319 e. The van der Waals surface area contributed by atoms with Crippen molar-refractivity contribution < 1.29 is 22.4 Å². The molecule has 0 radical (unpaired) electrons. The highest BCUT2D eigenvalue weighted by molar-refractivity contribution is 7.92. The second-order valence-electron chi connectivity index (χ2n) is 5.64. The molecule has 150 valence electrons. The molecule has 2 rings (SSSR count). The van der Waals surface area contributed by atoms with Crippen molar-refractivity contribution in [1.82, 2.24) is 9.97 Å². The molecule has 2 amide bonds. The molecule has 0 saturated carbocycles. The minimum absolute atomic E-state index is 0.0297. The molecular weight excluding hydrogens is 413 g/mol. The molecule has 0 aliphatic heterocycles. The van der Waals surface area contributed by atoms with E-state index in [9.17, 15) is 22.4 Å². The summed E-state index contributed by atoms with van der Waals surface area (Å²) in [5, 5.41) is 4.51. The lowest BCUT2D eigenvalue weighted by Gasteiger charge is -2.12. The zero-order chi connectivity index (χ0) is 20.9. The Balaban J connectivity index is 2.25. The van der Waals surface area contributed by atoms with Crippen molar-refractivity contribution in [2.45, 2.75) is 20.3 Å². The molecule has 9 nitrogen and oxygen atoms in total. The second-order valence-corrected chi connectivity index (χ2v) is 7.88. The van der Waals surface area contributed by atoms with Crippen molar-refractivity contribution in [2.75, 3.05) is 21.1 Å². The number of sulfonamides is 1. The number of rotatable bonds is 7. The van der Waals surface area contributed by atoms with E-state index in [2.05, 4.69) is 25.3 Å². The third kappa shape index (κ3) is 5.60. The van der Waals surface area contributed by atoms with Crippen LogP contribution in [-0.2, 0) is 14.8 Å². The Labute approximate surface area is 165 Å². The van der Waals surface area contributed by atoms with Crippen LogP contribution in [0.2, 0.25) is 5.02 Å². The van der Waals surface area contributed by atoms with Gasteiger partial charge in [-0.25, -0.2) is 22.8 Å². The van der Waals surface area contributed by atoms with Crippen LogP contribution in [0.25, 0.3) is 0 Å². The van der Waals surface area contributed by atoms with Gasteiger partial charge in [-0.2, -0.15) is 0 Å². The summed E-state index contributed by atoms with van der Waals surface area (Å²) in [5.74, 6) is -2.57. The number of anilines is 3. The van der Waals surface area contributed by atoms with Crippen molar-refractivity contribution in [3.8, 4) is 0 Å². The number of carbonyl (C=O) groups is 2. The van der Waals surface area contributed by atoms with Crippen LogP contribution in [0.15, 0.2) is 24.5 Å². The van der Waals surface area contributed by atoms with Crippen molar-refractivity contribution in [3.63, 3.8) is 0 Å². The zero-order valence-corrected chi connectivity index (χ0v) is 16.5. The van der Waals surface area contributed by atoms with Crippen molar-refractivity contribution in [1.29, 1.82) is 0 Å². The lowest BCUT2D eigenvalue weighted by atomic mass is 10.1. The van der Waals surface area contributed by atoms with Crippen LogP contribution in [0.4, 0.5) is 21.7 Å². The SMILES string of the molecule is CCCS(=O)(=O)Nc1ccc(Cl)c(C(=O)Nc2cnc(NC(C)=O)nc2)c1F. The average molecular weight is 430 g/mol. The van der Waals surface area contributed by atoms with Gasteiger partial charge in [0.2, 0.25) is 21.9 Å². The van der Waals surface area contributed by atoms with E-state index in [-0.39, 0.29) is 34.0 Å². The summed E-state index contributed by atoms with van der Waals surface area (Å²) in [5.41, 5.74) is -0.809. The molecule has 0 spiro atoms. The molecular formula is C16H17ClFN5O4S. The first-order chi connectivity index (χ1) is 13.1. The Bertz CT molecular complexity index is 999. The van der Waals surface area contributed by atoms with Crippen LogP contribution in [0.1, 0.15) is 30.6 Å². The van der Waals surface area contributed by atoms with Gasteiger partial charge in [0.15, 0.2) is 5.82 Å². The molecule has 1 heterocycles. The van der Waals surface area contributed by atoms with E-state index in [1.807, 2.05) is 0 Å². The summed E-state index contributed by atoms with van der Waals surface area (Å²) in [4.78, 5) is 31.0. The van der Waals surface area contributed by atoms with E-state index in [0.717, 1.165) is 6.07 Å². The van der Waals surface area contributed by atoms with Gasteiger partial charge < -0.3 is 5.32 Å². The number of hydrogen-bond acceptors (Lipinski definition) is 6. The molecule has 0 aliphatic carbocycles. The predicted molar refractivity (Wildman–Crippen MR) is 103 cm³/mol. The van der Waals surface area contributed by atoms with Gasteiger partial charge in [-0.15, -0.1) is 0 Å². The van der Waals surface area contributed by atoms with Gasteiger partial charge in [0.25, 0.3) is 5.91 Å². The summed E-state index contributed by atoms with van der Waals surface area (Å²) in [7, 11) is -3.76. The first-order valence-electron chi connectivity index (χ1n) is 8.02. The molecule has 1 aromatic carbocycles. The fraction of sp³-hybridized carbons (Fsp3) is 0.250. The highest BCUT2D eigenvalue weighted by atomic mass is 35.5. The number of nitrogens with one attached hydrogen (secondary N) is 3. The van der Waals surface area contributed by atoms with Crippen molar-refractivity contribution in [2.24, 2.45) is 0 Å². The highest BCUT2D eigenvalue weighted by Crippen LogP contribution is 2.27. The van der Waals surface area contributed by atoms with E-state index < -0.39 is 27.3 Å². The topological polar surface area (TPSA) is 130 Å². The molecule has 12 heteroatoms. The number of carbonyl (C=O) groups excluding carboxylic acids is 2. The van der Waals surface area contributed by atoms with Crippen LogP contribution in [0.3, 0.4) is 0 Å². The van der Waals surface area contributed by atoms with Gasteiger partial charge in [-0.1, -0.05) is 18.5 Å². The molecule has 0 saturated heterocycles. The number of hydrogen-bond donors (Lipinski definition) is 3. The Morgan fingerprint density at radius 3 is 2.39 bits per heavy atom. The van der Waals surface area contributed by atoms with Crippen molar-refractivity contribution >= 4 is 50.8 Å². The maximum absolute atomic E-state index is 14.7. The monoisotopic (exact) mass is 429 g/mol. The van der Waals surface area contributed by atoms with Crippen LogP contribution in [-0.4, -0.2) is 36.0 Å². The highest BCUT2D eigenvalue weighted by Gasteiger charge is 2.22. The van der Waals surface area contributed by atoms with Gasteiger partial charge in [-0.05, 0) is 18.6 Å². The van der Waals surface area contributed by atoms with Crippen molar-refractivity contribution in [3.05, 3.63) is 40.9 Å². The van der Waals surface area contributed by atoms with Crippen LogP contribution < -0.4 is 15.4 Å². The Kier molecular flexibility index (Phi) is 6.86. The number of benzene rings is 1. The number of amides is 2. The second kappa shape index (κ2) is 8.93. The van der Waals surface area contributed by atoms with E-state index in [1.54, 1.807) is 6.92 Å². The minimum Gasteiger partial charge on any atom is -0.319 e.